The molecule has 0 saturated heterocycles. The number of hydrogen-bond acceptors (Lipinski definition) is 4. The van der Waals surface area contributed by atoms with Gasteiger partial charge in [-0.25, -0.2) is 0 Å². The summed E-state index contributed by atoms with van der Waals surface area (Å²) in [4.78, 5) is 29.1. The highest BCUT2D eigenvalue weighted by Gasteiger charge is 2.42. The molecule has 0 fully saturated rings. The highest BCUT2D eigenvalue weighted by molar-refractivity contribution is 5.99. The van der Waals surface area contributed by atoms with Gasteiger partial charge in [0.05, 0.1) is 24.1 Å². The Hall–Kier alpha value is -3.86. The molecule has 1 atom stereocenters. The third kappa shape index (κ3) is 3.58. The Labute approximate surface area is 198 Å². The van der Waals surface area contributed by atoms with Gasteiger partial charge in [-0.15, -0.1) is 0 Å². The van der Waals surface area contributed by atoms with E-state index in [2.05, 4.69) is 19.1 Å². The maximum Gasteiger partial charge on any atom is 0.291 e. The Balaban J connectivity index is 1.69. The minimum Gasteiger partial charge on any atom is -0.497 e. The predicted molar refractivity (Wildman–Crippen MR) is 132 cm³/mol. The van der Waals surface area contributed by atoms with Gasteiger partial charge in [0.1, 0.15) is 11.3 Å². The number of methoxy groups -OCH3 is 1. The smallest absolute Gasteiger partial charge is 0.291 e. The number of hydrogen-bond donors (Lipinski definition) is 0. The molecule has 1 unspecified atom stereocenters. The molecule has 3 aromatic carbocycles. The normalized spacial score (nSPS) is 15.1. The van der Waals surface area contributed by atoms with E-state index >= 15 is 0 Å². The summed E-state index contributed by atoms with van der Waals surface area (Å²) in [5.74, 6) is 0.617. The highest BCUT2D eigenvalue weighted by Crippen LogP contribution is 2.39. The van der Waals surface area contributed by atoms with E-state index in [0.717, 1.165) is 34.4 Å². The van der Waals surface area contributed by atoms with Crippen LogP contribution in [0.1, 0.15) is 56.9 Å². The fourth-order valence-electron chi connectivity index (χ4n) is 4.65. The molecular weight excluding hydrogens is 426 g/mol. The van der Waals surface area contributed by atoms with E-state index in [9.17, 15) is 9.59 Å². The van der Waals surface area contributed by atoms with Crippen molar-refractivity contribution in [1.29, 1.82) is 0 Å². The first kappa shape index (κ1) is 22.0. The van der Waals surface area contributed by atoms with Crippen LogP contribution >= 0.6 is 0 Å². The number of benzene rings is 3. The Kier molecular flexibility index (Phi) is 5.48. The van der Waals surface area contributed by atoms with Crippen LogP contribution < -0.4 is 10.2 Å². The van der Waals surface area contributed by atoms with Crippen LogP contribution in [0.5, 0.6) is 5.75 Å². The lowest BCUT2D eigenvalue weighted by molar-refractivity contribution is 0.0714. The summed E-state index contributed by atoms with van der Waals surface area (Å²) < 4.78 is 11.4. The third-order valence-corrected chi connectivity index (χ3v) is 6.80. The molecule has 1 aliphatic rings. The van der Waals surface area contributed by atoms with Crippen LogP contribution in [-0.2, 0) is 13.0 Å². The molecule has 34 heavy (non-hydrogen) atoms. The molecule has 1 aromatic heterocycles. The average molecular weight is 454 g/mol. The van der Waals surface area contributed by atoms with Crippen LogP contribution in [0.4, 0.5) is 0 Å². The zero-order chi connectivity index (χ0) is 24.0. The lowest BCUT2D eigenvalue weighted by atomic mass is 9.96. The van der Waals surface area contributed by atoms with Crippen LogP contribution in [0, 0.1) is 13.8 Å². The molecule has 0 spiro atoms. The molecule has 1 amide bonds. The monoisotopic (exact) mass is 453 g/mol. The number of ether oxygens (including phenoxy) is 1. The second kappa shape index (κ2) is 8.49. The minimum absolute atomic E-state index is 0.138. The van der Waals surface area contributed by atoms with Crippen molar-refractivity contribution in [2.24, 2.45) is 0 Å². The SMILES string of the molecule is CCc1ccc(C2c3c(oc4cc(C)c(C)cc4c3=O)C(=O)N2Cc2ccc(OC)cc2)cc1. The fourth-order valence-corrected chi connectivity index (χ4v) is 4.65. The summed E-state index contributed by atoms with van der Waals surface area (Å²) in [6.07, 6.45) is 0.918. The van der Waals surface area contributed by atoms with Crippen LogP contribution in [-0.4, -0.2) is 17.9 Å². The summed E-state index contributed by atoms with van der Waals surface area (Å²) in [6.45, 7) is 6.40. The lowest BCUT2D eigenvalue weighted by Gasteiger charge is -2.25. The summed E-state index contributed by atoms with van der Waals surface area (Å²) in [6, 6.07) is 18.9. The Morgan fingerprint density at radius 1 is 0.912 bits per heavy atom. The standard InChI is InChI=1S/C29H27NO4/c1-5-19-6-10-21(11-7-19)26-25-27(31)23-14-17(2)18(3)15-24(23)34-28(25)29(32)30(26)16-20-8-12-22(33-4)13-9-20/h6-15,26H,5,16H2,1-4H3. The second-order valence-electron chi connectivity index (χ2n) is 8.89. The van der Waals surface area contributed by atoms with Crippen molar-refractivity contribution in [3.8, 4) is 5.75 Å². The van der Waals surface area contributed by atoms with E-state index in [1.165, 1.54) is 5.56 Å². The molecule has 2 heterocycles. The quantitative estimate of drug-likeness (QED) is 0.387. The van der Waals surface area contributed by atoms with Crippen molar-refractivity contribution >= 4 is 16.9 Å². The average Bonchev–Trinajstić information content (AvgIpc) is 3.12. The van der Waals surface area contributed by atoms with Crippen molar-refractivity contribution < 1.29 is 13.9 Å². The van der Waals surface area contributed by atoms with E-state index in [1.807, 2.05) is 62.4 Å². The highest BCUT2D eigenvalue weighted by atomic mass is 16.5. The largest absolute Gasteiger partial charge is 0.497 e. The first-order chi connectivity index (χ1) is 16.4. The predicted octanol–water partition coefficient (Wildman–Crippen LogP) is 5.73. The third-order valence-electron chi connectivity index (χ3n) is 6.80. The number of fused-ring (bicyclic) bond motifs is 2. The first-order valence-corrected chi connectivity index (χ1v) is 11.5. The maximum absolute atomic E-state index is 13.8. The van der Waals surface area contributed by atoms with Gasteiger partial charge in [0.25, 0.3) is 5.91 Å². The van der Waals surface area contributed by atoms with E-state index in [0.29, 0.717) is 23.1 Å². The number of amides is 1. The van der Waals surface area contributed by atoms with Crippen molar-refractivity contribution in [2.75, 3.05) is 7.11 Å². The van der Waals surface area contributed by atoms with E-state index in [-0.39, 0.29) is 17.1 Å². The molecule has 0 radical (unpaired) electrons. The summed E-state index contributed by atoms with van der Waals surface area (Å²) in [5, 5.41) is 0.510. The second-order valence-corrected chi connectivity index (χ2v) is 8.89. The zero-order valence-electron chi connectivity index (χ0n) is 19.8. The number of nitrogens with zero attached hydrogens (tertiary/aromatic N) is 1. The van der Waals surface area contributed by atoms with Gasteiger partial charge in [-0.2, -0.15) is 0 Å². The van der Waals surface area contributed by atoms with Crippen molar-refractivity contribution in [3.05, 3.63) is 110 Å². The summed E-state index contributed by atoms with van der Waals surface area (Å²) in [7, 11) is 1.62. The molecule has 5 rings (SSSR count). The zero-order valence-corrected chi connectivity index (χ0v) is 19.8. The van der Waals surface area contributed by atoms with Gasteiger partial charge < -0.3 is 14.1 Å². The molecule has 1 aliphatic heterocycles. The number of aryl methyl sites for hydroxylation is 3. The van der Waals surface area contributed by atoms with Crippen LogP contribution in [0.3, 0.4) is 0 Å². The summed E-state index contributed by atoms with van der Waals surface area (Å²) >= 11 is 0. The Morgan fingerprint density at radius 2 is 1.56 bits per heavy atom. The van der Waals surface area contributed by atoms with Gasteiger partial charge in [-0.05, 0) is 72.4 Å². The fraction of sp³-hybridized carbons (Fsp3) is 0.241. The first-order valence-electron chi connectivity index (χ1n) is 11.5. The minimum atomic E-state index is -0.516. The topological polar surface area (TPSA) is 59.8 Å². The Bertz CT molecular complexity index is 1450. The molecule has 5 nitrogen and oxygen atoms in total. The van der Waals surface area contributed by atoms with E-state index in [4.69, 9.17) is 9.15 Å². The molecule has 0 aliphatic carbocycles. The van der Waals surface area contributed by atoms with Gasteiger partial charge in [0, 0.05) is 6.54 Å². The van der Waals surface area contributed by atoms with Gasteiger partial charge in [-0.3, -0.25) is 9.59 Å². The molecule has 5 heteroatoms. The molecule has 0 saturated carbocycles. The maximum atomic E-state index is 13.8. The van der Waals surface area contributed by atoms with Crippen molar-refractivity contribution in [1.82, 2.24) is 4.90 Å². The van der Waals surface area contributed by atoms with Gasteiger partial charge in [0.15, 0.2) is 5.43 Å². The Morgan fingerprint density at radius 3 is 2.21 bits per heavy atom. The van der Waals surface area contributed by atoms with Crippen molar-refractivity contribution in [3.63, 3.8) is 0 Å². The van der Waals surface area contributed by atoms with Crippen LogP contribution in [0.2, 0.25) is 0 Å². The van der Waals surface area contributed by atoms with Crippen LogP contribution in [0.15, 0.2) is 69.9 Å². The van der Waals surface area contributed by atoms with Crippen LogP contribution in [0.25, 0.3) is 11.0 Å². The van der Waals surface area contributed by atoms with E-state index < -0.39 is 6.04 Å². The van der Waals surface area contributed by atoms with E-state index in [1.54, 1.807) is 12.0 Å². The number of carbonyl (C=O) groups is 1. The number of rotatable bonds is 5. The molecule has 0 N–H and O–H groups in total. The molecular formula is C29H27NO4. The van der Waals surface area contributed by atoms with Gasteiger partial charge in [-0.1, -0.05) is 43.3 Å². The summed E-state index contributed by atoms with van der Waals surface area (Å²) in [5.41, 5.74) is 5.80. The van der Waals surface area contributed by atoms with Crippen molar-refractivity contribution in [2.45, 2.75) is 39.8 Å². The number of carbonyl (C=O) groups excluding carboxylic acids is 1. The molecule has 0 bridgehead atoms. The molecule has 4 aromatic rings. The molecule has 172 valence electrons. The lowest BCUT2D eigenvalue weighted by Crippen LogP contribution is -2.29. The van der Waals surface area contributed by atoms with Gasteiger partial charge >= 0.3 is 0 Å². The van der Waals surface area contributed by atoms with Gasteiger partial charge in [0.2, 0.25) is 5.76 Å².